The second-order valence-corrected chi connectivity index (χ2v) is 9.15. The largest absolute Gasteiger partial charge is 0.443 e. The summed E-state index contributed by atoms with van der Waals surface area (Å²) in [5.41, 5.74) is 0.988. The predicted molar refractivity (Wildman–Crippen MR) is 111 cm³/mol. The van der Waals surface area contributed by atoms with Gasteiger partial charge in [0.1, 0.15) is 11.3 Å². The van der Waals surface area contributed by atoms with Crippen LogP contribution in [0.3, 0.4) is 0 Å². The van der Waals surface area contributed by atoms with Crippen molar-refractivity contribution < 1.29 is 14.3 Å². The molecule has 3 heterocycles. The van der Waals surface area contributed by atoms with Gasteiger partial charge in [0.05, 0.1) is 11.9 Å². The van der Waals surface area contributed by atoms with E-state index in [4.69, 9.17) is 4.74 Å². The normalized spacial score (nSPS) is 14.6. The van der Waals surface area contributed by atoms with E-state index in [9.17, 15) is 9.59 Å². The Balaban J connectivity index is 1.67. The highest BCUT2D eigenvalue weighted by Crippen LogP contribution is 2.24. The molecule has 0 spiro atoms. The molecule has 3 rings (SSSR count). The van der Waals surface area contributed by atoms with Crippen LogP contribution in [0.2, 0.25) is 0 Å². The topological polar surface area (TPSA) is 96.5 Å². The molecule has 2 N–H and O–H groups in total. The fraction of sp³-hybridized carbons (Fsp3) is 0.444. The van der Waals surface area contributed by atoms with Gasteiger partial charge in [0.15, 0.2) is 3.92 Å². The van der Waals surface area contributed by atoms with E-state index in [0.29, 0.717) is 34.8 Å². The highest BCUT2D eigenvalue weighted by Gasteiger charge is 2.28. The minimum Gasteiger partial charge on any atom is -0.443 e. The van der Waals surface area contributed by atoms with E-state index in [1.807, 2.05) is 19.9 Å². The molecule has 0 atom stereocenters. The van der Waals surface area contributed by atoms with E-state index in [1.54, 1.807) is 22.7 Å². The number of carbonyl (C=O) groups is 2. The molecule has 8 nitrogen and oxygen atoms in total. The number of hydrogen-bond acceptors (Lipinski definition) is 7. The molecule has 0 unspecified atom stereocenters. The molecule has 1 aliphatic heterocycles. The molecule has 2 aromatic rings. The molecule has 0 bridgehead atoms. The van der Waals surface area contributed by atoms with Crippen molar-refractivity contribution in [1.82, 2.24) is 20.2 Å². The lowest BCUT2D eigenvalue weighted by molar-refractivity contribution is 0.0121. The number of amides is 2. The minimum absolute atomic E-state index is 0.313. The molecule has 1 fully saturated rings. The fourth-order valence-electron chi connectivity index (χ4n) is 2.88. The SMILES string of the molecule is CC(C)(Cc1ccncc1NC(=O)c1csc(Br)n1)OC(=O)N1CCNCC1. The van der Waals surface area contributed by atoms with Crippen LogP contribution < -0.4 is 10.6 Å². The number of nitrogens with one attached hydrogen (secondary N) is 2. The number of rotatable bonds is 5. The summed E-state index contributed by atoms with van der Waals surface area (Å²) in [5.74, 6) is -0.313. The van der Waals surface area contributed by atoms with Crippen molar-refractivity contribution in [2.45, 2.75) is 25.9 Å². The molecule has 1 aliphatic rings. The molecule has 0 saturated carbocycles. The average molecular weight is 468 g/mol. The second kappa shape index (κ2) is 8.97. The average Bonchev–Trinajstić information content (AvgIpc) is 3.10. The minimum atomic E-state index is -0.744. The van der Waals surface area contributed by atoms with Gasteiger partial charge in [0.2, 0.25) is 0 Å². The Labute approximate surface area is 175 Å². The zero-order valence-electron chi connectivity index (χ0n) is 15.7. The van der Waals surface area contributed by atoms with E-state index in [1.165, 1.54) is 11.3 Å². The van der Waals surface area contributed by atoms with Crippen LogP contribution in [0.5, 0.6) is 0 Å². The van der Waals surface area contributed by atoms with Crippen molar-refractivity contribution in [3.05, 3.63) is 39.0 Å². The van der Waals surface area contributed by atoms with Crippen LogP contribution in [0, 0.1) is 0 Å². The molecular weight excluding hydrogens is 446 g/mol. The maximum Gasteiger partial charge on any atom is 0.410 e. The first-order valence-corrected chi connectivity index (χ1v) is 10.6. The third-order valence-electron chi connectivity index (χ3n) is 4.22. The Kier molecular flexibility index (Phi) is 6.63. The Hall–Kier alpha value is -2.04. The highest BCUT2D eigenvalue weighted by molar-refractivity contribution is 9.11. The van der Waals surface area contributed by atoms with Crippen molar-refractivity contribution in [1.29, 1.82) is 0 Å². The van der Waals surface area contributed by atoms with E-state index in [-0.39, 0.29) is 12.0 Å². The molecule has 0 aromatic carbocycles. The third kappa shape index (κ3) is 5.49. The molecule has 28 heavy (non-hydrogen) atoms. The summed E-state index contributed by atoms with van der Waals surface area (Å²) in [6.07, 6.45) is 3.35. The van der Waals surface area contributed by atoms with Crippen molar-refractivity contribution in [3.8, 4) is 0 Å². The molecule has 2 amide bonds. The van der Waals surface area contributed by atoms with Gasteiger partial charge in [-0.3, -0.25) is 9.78 Å². The molecule has 0 aliphatic carbocycles. The van der Waals surface area contributed by atoms with Gasteiger partial charge in [-0.1, -0.05) is 0 Å². The third-order valence-corrected chi connectivity index (χ3v) is 5.59. The van der Waals surface area contributed by atoms with E-state index in [2.05, 4.69) is 36.5 Å². The lowest BCUT2D eigenvalue weighted by Crippen LogP contribution is -2.48. The van der Waals surface area contributed by atoms with Gasteiger partial charge in [0.25, 0.3) is 5.91 Å². The van der Waals surface area contributed by atoms with Gasteiger partial charge in [-0.05, 0) is 41.4 Å². The first-order valence-electron chi connectivity index (χ1n) is 8.88. The summed E-state index contributed by atoms with van der Waals surface area (Å²) in [5, 5.41) is 7.73. The van der Waals surface area contributed by atoms with Crippen molar-refractivity contribution in [2.24, 2.45) is 0 Å². The maximum absolute atomic E-state index is 12.4. The fourth-order valence-corrected chi connectivity index (χ4v) is 3.87. The Morgan fingerprint density at radius 3 is 2.82 bits per heavy atom. The summed E-state index contributed by atoms with van der Waals surface area (Å²) in [7, 11) is 0. The van der Waals surface area contributed by atoms with Gasteiger partial charge >= 0.3 is 6.09 Å². The van der Waals surface area contributed by atoms with Crippen LogP contribution in [0.1, 0.15) is 29.9 Å². The number of anilines is 1. The van der Waals surface area contributed by atoms with Gasteiger partial charge in [-0.15, -0.1) is 11.3 Å². The second-order valence-electron chi connectivity index (χ2n) is 7.01. The zero-order valence-corrected chi connectivity index (χ0v) is 18.1. The van der Waals surface area contributed by atoms with Crippen LogP contribution >= 0.6 is 27.3 Å². The van der Waals surface area contributed by atoms with Crippen LogP contribution in [0.25, 0.3) is 0 Å². The van der Waals surface area contributed by atoms with Gasteiger partial charge in [0, 0.05) is 44.2 Å². The van der Waals surface area contributed by atoms with Crippen LogP contribution in [-0.4, -0.2) is 58.6 Å². The van der Waals surface area contributed by atoms with E-state index in [0.717, 1.165) is 18.7 Å². The van der Waals surface area contributed by atoms with Crippen molar-refractivity contribution in [2.75, 3.05) is 31.5 Å². The quantitative estimate of drug-likeness (QED) is 0.701. The number of nitrogens with zero attached hydrogens (tertiary/aromatic N) is 3. The summed E-state index contributed by atoms with van der Waals surface area (Å²) < 4.78 is 6.38. The Morgan fingerprint density at radius 1 is 1.39 bits per heavy atom. The van der Waals surface area contributed by atoms with Crippen molar-refractivity contribution in [3.63, 3.8) is 0 Å². The molecule has 1 saturated heterocycles. The molecule has 150 valence electrons. The number of hydrogen-bond donors (Lipinski definition) is 2. The van der Waals surface area contributed by atoms with E-state index < -0.39 is 5.60 Å². The van der Waals surface area contributed by atoms with Gasteiger partial charge < -0.3 is 20.3 Å². The number of thiazole rings is 1. The van der Waals surface area contributed by atoms with Crippen molar-refractivity contribution >= 4 is 45.0 Å². The number of carbonyl (C=O) groups excluding carboxylic acids is 2. The number of aromatic nitrogens is 2. The monoisotopic (exact) mass is 467 g/mol. The number of pyridine rings is 1. The molecular formula is C18H22BrN5O3S. The first-order chi connectivity index (χ1) is 13.3. The highest BCUT2D eigenvalue weighted by atomic mass is 79.9. The van der Waals surface area contributed by atoms with Crippen LogP contribution in [0.4, 0.5) is 10.5 Å². The number of halogens is 1. The standard InChI is InChI=1S/C18H22BrN5O3S/c1-18(2,27-17(26)24-7-5-20-6-8-24)9-12-3-4-21-10-13(12)22-15(25)14-11-28-16(19)23-14/h3-4,10-11,20H,5-9H2,1-2H3,(H,22,25). The Morgan fingerprint density at radius 2 is 2.14 bits per heavy atom. The van der Waals surface area contributed by atoms with Crippen LogP contribution in [0.15, 0.2) is 27.8 Å². The maximum atomic E-state index is 12.4. The molecule has 2 aromatic heterocycles. The zero-order chi connectivity index (χ0) is 20.1. The first kappa shape index (κ1) is 20.7. The number of ether oxygens (including phenoxy) is 1. The molecule has 10 heteroatoms. The number of piperazine rings is 1. The van der Waals surface area contributed by atoms with E-state index >= 15 is 0 Å². The predicted octanol–water partition coefficient (Wildman–Crippen LogP) is 2.92. The van der Waals surface area contributed by atoms with Gasteiger partial charge in [-0.2, -0.15) is 0 Å². The lowest BCUT2D eigenvalue weighted by Gasteiger charge is -2.32. The van der Waals surface area contributed by atoms with Crippen LogP contribution in [-0.2, 0) is 11.2 Å². The van der Waals surface area contributed by atoms with Gasteiger partial charge in [-0.25, -0.2) is 9.78 Å². The molecule has 0 radical (unpaired) electrons. The summed E-state index contributed by atoms with van der Waals surface area (Å²) in [6.45, 7) is 6.52. The smallest absolute Gasteiger partial charge is 0.410 e. The lowest BCUT2D eigenvalue weighted by atomic mass is 9.98. The summed E-state index contributed by atoms with van der Waals surface area (Å²) >= 11 is 4.59. The summed E-state index contributed by atoms with van der Waals surface area (Å²) in [4.78, 5) is 34.8. The Bertz CT molecular complexity index is 851. The summed E-state index contributed by atoms with van der Waals surface area (Å²) in [6, 6.07) is 1.81.